The second-order valence-corrected chi connectivity index (χ2v) is 4.54. The monoisotopic (exact) mass is 209 g/mol. The van der Waals surface area contributed by atoms with Crippen LogP contribution < -0.4 is 5.32 Å². The highest BCUT2D eigenvalue weighted by Crippen LogP contribution is 2.16. The maximum absolute atomic E-state index is 10.0. The Balaban J connectivity index is 2.42. The van der Waals surface area contributed by atoms with Crippen molar-refractivity contribution >= 4 is 5.82 Å². The fourth-order valence-electron chi connectivity index (χ4n) is 1.63. The molecule has 4 heteroatoms. The van der Waals surface area contributed by atoms with Crippen LogP contribution in [0.15, 0.2) is 18.6 Å². The van der Waals surface area contributed by atoms with Gasteiger partial charge in [0.25, 0.3) is 0 Å². The van der Waals surface area contributed by atoms with Gasteiger partial charge in [0, 0.05) is 12.7 Å². The van der Waals surface area contributed by atoms with Gasteiger partial charge in [-0.05, 0) is 25.3 Å². The molecule has 0 saturated heterocycles. The van der Waals surface area contributed by atoms with E-state index in [4.69, 9.17) is 0 Å². The predicted molar refractivity (Wildman–Crippen MR) is 60.6 cm³/mol. The van der Waals surface area contributed by atoms with Crippen LogP contribution in [0.1, 0.15) is 27.2 Å². The first-order chi connectivity index (χ1) is 6.99. The molecule has 1 rings (SSSR count). The van der Waals surface area contributed by atoms with E-state index in [9.17, 15) is 5.11 Å². The molecular weight excluding hydrogens is 190 g/mol. The lowest BCUT2D eigenvalue weighted by atomic mass is 9.94. The topological polar surface area (TPSA) is 58.0 Å². The molecule has 1 atom stereocenters. The van der Waals surface area contributed by atoms with E-state index < -0.39 is 5.60 Å². The van der Waals surface area contributed by atoms with E-state index in [2.05, 4.69) is 29.1 Å². The van der Waals surface area contributed by atoms with Gasteiger partial charge in [0.1, 0.15) is 12.1 Å². The molecule has 0 aromatic carbocycles. The third kappa shape index (κ3) is 4.74. The average Bonchev–Trinajstić information content (AvgIpc) is 2.15. The van der Waals surface area contributed by atoms with Crippen LogP contribution >= 0.6 is 0 Å². The Bertz CT molecular complexity index is 285. The van der Waals surface area contributed by atoms with Crippen molar-refractivity contribution in [3.05, 3.63) is 18.6 Å². The van der Waals surface area contributed by atoms with Gasteiger partial charge in [0.15, 0.2) is 0 Å². The Morgan fingerprint density at radius 3 is 2.80 bits per heavy atom. The fraction of sp³-hybridized carbons (Fsp3) is 0.636. The van der Waals surface area contributed by atoms with E-state index in [1.54, 1.807) is 12.3 Å². The molecule has 1 aromatic heterocycles. The Hall–Kier alpha value is -1.16. The number of anilines is 1. The normalized spacial score (nSPS) is 15.0. The minimum absolute atomic E-state index is 0.479. The molecule has 0 aliphatic carbocycles. The van der Waals surface area contributed by atoms with Gasteiger partial charge in [0.2, 0.25) is 0 Å². The first-order valence-electron chi connectivity index (χ1n) is 5.22. The van der Waals surface area contributed by atoms with Gasteiger partial charge in [-0.1, -0.05) is 13.8 Å². The lowest BCUT2D eigenvalue weighted by Crippen LogP contribution is -2.35. The highest BCUT2D eigenvalue weighted by atomic mass is 16.3. The summed E-state index contributed by atoms with van der Waals surface area (Å²) in [6.07, 6.45) is 3.93. The number of aromatic nitrogens is 2. The molecule has 0 fully saturated rings. The maximum atomic E-state index is 10.0. The standard InChI is InChI=1S/C11H19N3O/c1-9(2)6-11(3,15)7-13-10-4-5-12-8-14-10/h4-5,8-9,15H,6-7H2,1-3H3,(H,12,13,14). The van der Waals surface area contributed by atoms with E-state index >= 15 is 0 Å². The molecule has 0 spiro atoms. The Kier molecular flexibility index (Phi) is 4.03. The van der Waals surface area contributed by atoms with Crippen LogP contribution in [0.25, 0.3) is 0 Å². The summed E-state index contributed by atoms with van der Waals surface area (Å²) in [6, 6.07) is 1.78. The van der Waals surface area contributed by atoms with Crippen LogP contribution in [-0.4, -0.2) is 27.2 Å². The summed E-state index contributed by atoms with van der Waals surface area (Å²) in [5.41, 5.74) is -0.695. The number of rotatable bonds is 5. The molecule has 0 bridgehead atoms. The average molecular weight is 209 g/mol. The molecule has 4 nitrogen and oxygen atoms in total. The Morgan fingerprint density at radius 1 is 1.53 bits per heavy atom. The van der Waals surface area contributed by atoms with Gasteiger partial charge in [-0.15, -0.1) is 0 Å². The van der Waals surface area contributed by atoms with Crippen LogP contribution in [-0.2, 0) is 0 Å². The Labute approximate surface area is 90.8 Å². The van der Waals surface area contributed by atoms with Gasteiger partial charge >= 0.3 is 0 Å². The first-order valence-corrected chi connectivity index (χ1v) is 5.22. The van der Waals surface area contributed by atoms with Crippen molar-refractivity contribution in [1.29, 1.82) is 0 Å². The summed E-state index contributed by atoms with van der Waals surface area (Å²) < 4.78 is 0. The summed E-state index contributed by atoms with van der Waals surface area (Å²) >= 11 is 0. The second kappa shape index (κ2) is 5.07. The van der Waals surface area contributed by atoms with Crippen molar-refractivity contribution in [3.8, 4) is 0 Å². The van der Waals surface area contributed by atoms with E-state index in [1.165, 1.54) is 6.33 Å². The third-order valence-electron chi connectivity index (χ3n) is 2.08. The lowest BCUT2D eigenvalue weighted by molar-refractivity contribution is 0.0515. The molecule has 84 valence electrons. The zero-order chi connectivity index (χ0) is 11.3. The van der Waals surface area contributed by atoms with Crippen LogP contribution in [0.4, 0.5) is 5.82 Å². The van der Waals surface area contributed by atoms with Crippen LogP contribution in [0.5, 0.6) is 0 Å². The van der Waals surface area contributed by atoms with Crippen molar-refractivity contribution < 1.29 is 5.11 Å². The fourth-order valence-corrected chi connectivity index (χ4v) is 1.63. The van der Waals surface area contributed by atoms with Gasteiger partial charge < -0.3 is 10.4 Å². The number of aliphatic hydroxyl groups is 1. The maximum Gasteiger partial charge on any atom is 0.129 e. The van der Waals surface area contributed by atoms with Gasteiger partial charge in [0.05, 0.1) is 5.60 Å². The van der Waals surface area contributed by atoms with E-state index in [1.807, 2.05) is 6.92 Å². The van der Waals surface area contributed by atoms with Gasteiger partial charge in [-0.3, -0.25) is 0 Å². The molecule has 0 amide bonds. The number of nitrogens with zero attached hydrogens (tertiary/aromatic N) is 2. The molecule has 2 N–H and O–H groups in total. The van der Waals surface area contributed by atoms with E-state index in [-0.39, 0.29) is 0 Å². The van der Waals surface area contributed by atoms with Crippen LogP contribution in [0, 0.1) is 5.92 Å². The van der Waals surface area contributed by atoms with Crippen molar-refractivity contribution in [2.45, 2.75) is 32.8 Å². The third-order valence-corrected chi connectivity index (χ3v) is 2.08. The van der Waals surface area contributed by atoms with Gasteiger partial charge in [-0.2, -0.15) is 0 Å². The quantitative estimate of drug-likeness (QED) is 0.774. The molecule has 1 aromatic rings. The molecule has 0 aliphatic heterocycles. The van der Waals surface area contributed by atoms with Crippen LogP contribution in [0.3, 0.4) is 0 Å². The van der Waals surface area contributed by atoms with Gasteiger partial charge in [-0.25, -0.2) is 9.97 Å². The summed E-state index contributed by atoms with van der Waals surface area (Å²) in [6.45, 7) is 6.53. The number of nitrogens with one attached hydrogen (secondary N) is 1. The molecule has 1 heterocycles. The number of hydrogen-bond acceptors (Lipinski definition) is 4. The zero-order valence-corrected chi connectivity index (χ0v) is 9.57. The summed E-state index contributed by atoms with van der Waals surface area (Å²) in [5.74, 6) is 1.22. The summed E-state index contributed by atoms with van der Waals surface area (Å²) in [5, 5.41) is 13.1. The molecule has 0 aliphatic rings. The number of hydrogen-bond donors (Lipinski definition) is 2. The summed E-state index contributed by atoms with van der Waals surface area (Å²) in [7, 11) is 0. The van der Waals surface area contributed by atoms with Crippen molar-refractivity contribution in [3.63, 3.8) is 0 Å². The SMILES string of the molecule is CC(C)CC(C)(O)CNc1ccncn1. The largest absolute Gasteiger partial charge is 0.388 e. The van der Waals surface area contributed by atoms with E-state index in [0.29, 0.717) is 12.5 Å². The predicted octanol–water partition coefficient (Wildman–Crippen LogP) is 1.69. The highest BCUT2D eigenvalue weighted by molar-refractivity contribution is 5.31. The van der Waals surface area contributed by atoms with Crippen molar-refractivity contribution in [2.75, 3.05) is 11.9 Å². The molecule has 15 heavy (non-hydrogen) atoms. The minimum Gasteiger partial charge on any atom is -0.388 e. The Morgan fingerprint density at radius 2 is 2.27 bits per heavy atom. The lowest BCUT2D eigenvalue weighted by Gasteiger charge is -2.25. The molecular formula is C11H19N3O. The summed E-state index contributed by atoms with van der Waals surface area (Å²) in [4.78, 5) is 7.85. The molecule has 0 saturated carbocycles. The second-order valence-electron chi connectivity index (χ2n) is 4.54. The smallest absolute Gasteiger partial charge is 0.129 e. The molecule has 1 unspecified atom stereocenters. The minimum atomic E-state index is -0.695. The van der Waals surface area contributed by atoms with Crippen LogP contribution in [0.2, 0.25) is 0 Å². The first kappa shape index (κ1) is 11.9. The highest BCUT2D eigenvalue weighted by Gasteiger charge is 2.21. The molecule has 0 radical (unpaired) electrons. The van der Waals surface area contributed by atoms with E-state index in [0.717, 1.165) is 12.2 Å². The van der Waals surface area contributed by atoms with Crippen molar-refractivity contribution in [1.82, 2.24) is 9.97 Å². The zero-order valence-electron chi connectivity index (χ0n) is 9.57. The van der Waals surface area contributed by atoms with Crippen molar-refractivity contribution in [2.24, 2.45) is 5.92 Å².